The zero-order valence-electron chi connectivity index (χ0n) is 13.3. The Hall–Kier alpha value is -2.62. The molecule has 0 radical (unpaired) electrons. The molecule has 0 saturated heterocycles. The van der Waals surface area contributed by atoms with Crippen LogP contribution in [0.25, 0.3) is 26.7 Å². The SMILES string of the molecule is Oc1c(-c2ccccc2)sc(-c2ccc(Cl)cc2)[n+]1-c1ccccc1. The zero-order valence-corrected chi connectivity index (χ0v) is 14.8. The fraction of sp³-hybridized carbons (Fsp3) is 0. The maximum atomic E-state index is 11.0. The van der Waals surface area contributed by atoms with Crippen LogP contribution in [0, 0.1) is 0 Å². The van der Waals surface area contributed by atoms with Crippen LogP contribution < -0.4 is 4.57 Å². The number of hydrogen-bond acceptors (Lipinski definition) is 2. The van der Waals surface area contributed by atoms with E-state index in [1.54, 1.807) is 11.3 Å². The summed E-state index contributed by atoms with van der Waals surface area (Å²) in [5, 5.41) is 12.6. The molecule has 0 unspecified atom stereocenters. The molecule has 0 atom stereocenters. The van der Waals surface area contributed by atoms with Crippen molar-refractivity contribution in [1.82, 2.24) is 0 Å². The lowest BCUT2D eigenvalue weighted by Crippen LogP contribution is -2.30. The first-order valence-corrected chi connectivity index (χ1v) is 9.08. The molecule has 1 N–H and O–H groups in total. The molecule has 1 heterocycles. The summed E-state index contributed by atoms with van der Waals surface area (Å²) in [6.45, 7) is 0. The Kier molecular flexibility index (Phi) is 4.26. The standard InChI is InChI=1S/C21H14ClNOS/c22-17-13-11-16(12-14-17)21-23(18-9-5-2-6-10-18)20(24)19(25-21)15-7-3-1-4-8-15/h1-14H/p+1. The van der Waals surface area contributed by atoms with E-state index < -0.39 is 0 Å². The van der Waals surface area contributed by atoms with Gasteiger partial charge >= 0.3 is 5.88 Å². The van der Waals surface area contributed by atoms with Crippen LogP contribution in [0.4, 0.5) is 0 Å². The third-order valence-electron chi connectivity index (χ3n) is 3.96. The Morgan fingerprint density at radius 2 is 1.32 bits per heavy atom. The number of halogens is 1. The largest absolute Gasteiger partial charge is 0.458 e. The number of para-hydroxylation sites is 1. The van der Waals surface area contributed by atoms with Crippen molar-refractivity contribution in [2.45, 2.75) is 0 Å². The third-order valence-corrected chi connectivity index (χ3v) is 5.44. The molecule has 4 heteroatoms. The molecule has 2 nitrogen and oxygen atoms in total. The highest BCUT2D eigenvalue weighted by molar-refractivity contribution is 7.18. The number of benzene rings is 3. The van der Waals surface area contributed by atoms with Gasteiger partial charge in [0.1, 0.15) is 0 Å². The predicted octanol–water partition coefficient (Wildman–Crippen LogP) is 5.72. The van der Waals surface area contributed by atoms with Crippen molar-refractivity contribution < 1.29 is 9.67 Å². The van der Waals surface area contributed by atoms with Crippen LogP contribution in [-0.2, 0) is 0 Å². The van der Waals surface area contributed by atoms with Crippen LogP contribution in [-0.4, -0.2) is 5.11 Å². The van der Waals surface area contributed by atoms with Crippen molar-refractivity contribution >= 4 is 22.9 Å². The molecule has 0 aliphatic heterocycles. The summed E-state index contributed by atoms with van der Waals surface area (Å²) in [7, 11) is 0. The fourth-order valence-electron chi connectivity index (χ4n) is 2.76. The highest BCUT2D eigenvalue weighted by Gasteiger charge is 2.30. The van der Waals surface area contributed by atoms with Crippen molar-refractivity contribution in [3.8, 4) is 32.6 Å². The number of aromatic nitrogens is 1. The van der Waals surface area contributed by atoms with E-state index in [0.717, 1.165) is 26.7 Å². The molecule has 0 bridgehead atoms. The number of nitrogens with zero attached hydrogens (tertiary/aromatic N) is 1. The van der Waals surface area contributed by atoms with Gasteiger partial charge < -0.3 is 5.11 Å². The van der Waals surface area contributed by atoms with Crippen LogP contribution in [0.2, 0.25) is 5.02 Å². The normalized spacial score (nSPS) is 10.8. The molecule has 1 aromatic heterocycles. The van der Waals surface area contributed by atoms with Crippen molar-refractivity contribution in [2.24, 2.45) is 0 Å². The van der Waals surface area contributed by atoms with E-state index in [-0.39, 0.29) is 5.88 Å². The summed E-state index contributed by atoms with van der Waals surface area (Å²) in [4.78, 5) is 0.842. The number of rotatable bonds is 3. The summed E-state index contributed by atoms with van der Waals surface area (Å²) in [6.07, 6.45) is 0. The highest BCUT2D eigenvalue weighted by Crippen LogP contribution is 2.39. The second-order valence-corrected chi connectivity index (χ2v) is 7.04. The van der Waals surface area contributed by atoms with Gasteiger partial charge in [-0.15, -0.1) is 4.57 Å². The zero-order chi connectivity index (χ0) is 17.2. The smallest absolute Gasteiger partial charge is 0.391 e. The first kappa shape index (κ1) is 15.9. The molecule has 0 spiro atoms. The number of hydrogen-bond donors (Lipinski definition) is 1. The molecule has 0 aliphatic carbocycles. The first-order valence-electron chi connectivity index (χ1n) is 7.88. The van der Waals surface area contributed by atoms with E-state index in [9.17, 15) is 5.11 Å². The predicted molar refractivity (Wildman–Crippen MR) is 103 cm³/mol. The van der Waals surface area contributed by atoms with Gasteiger partial charge in [0.15, 0.2) is 4.88 Å². The van der Waals surface area contributed by atoms with E-state index >= 15 is 0 Å². The average Bonchev–Trinajstić information content (AvgIpc) is 3.01. The van der Waals surface area contributed by atoms with E-state index in [0.29, 0.717) is 5.02 Å². The lowest BCUT2D eigenvalue weighted by atomic mass is 10.2. The molecule has 0 fully saturated rings. The molecule has 122 valence electrons. The first-order chi connectivity index (χ1) is 12.2. The number of thiazole rings is 1. The van der Waals surface area contributed by atoms with Crippen LogP contribution >= 0.6 is 22.9 Å². The Labute approximate surface area is 155 Å². The molecule has 4 aromatic rings. The van der Waals surface area contributed by atoms with Gasteiger partial charge in [-0.3, -0.25) is 0 Å². The summed E-state index contributed by atoms with van der Waals surface area (Å²) in [6, 6.07) is 27.5. The van der Waals surface area contributed by atoms with Gasteiger partial charge in [0.05, 0.1) is 5.56 Å². The summed E-state index contributed by atoms with van der Waals surface area (Å²) in [5.74, 6) is 0.243. The van der Waals surface area contributed by atoms with E-state index in [4.69, 9.17) is 11.6 Å². The van der Waals surface area contributed by atoms with Crippen molar-refractivity contribution in [1.29, 1.82) is 0 Å². The summed E-state index contributed by atoms with van der Waals surface area (Å²) < 4.78 is 1.89. The van der Waals surface area contributed by atoms with Crippen LogP contribution in [0.1, 0.15) is 0 Å². The lowest BCUT2D eigenvalue weighted by Gasteiger charge is -1.99. The van der Waals surface area contributed by atoms with E-state index in [2.05, 4.69) is 0 Å². The molecular formula is C21H15ClNOS+. The number of aromatic hydroxyl groups is 1. The van der Waals surface area contributed by atoms with Crippen molar-refractivity contribution in [3.05, 3.63) is 90.0 Å². The molecule has 0 saturated carbocycles. The van der Waals surface area contributed by atoms with Gasteiger partial charge in [-0.25, -0.2) is 0 Å². The maximum Gasteiger partial charge on any atom is 0.391 e. The topological polar surface area (TPSA) is 24.1 Å². The van der Waals surface area contributed by atoms with Gasteiger partial charge in [-0.1, -0.05) is 71.5 Å². The molecule has 25 heavy (non-hydrogen) atoms. The van der Waals surface area contributed by atoms with Crippen molar-refractivity contribution in [2.75, 3.05) is 0 Å². The molecule has 4 rings (SSSR count). The minimum absolute atomic E-state index is 0.243. The summed E-state index contributed by atoms with van der Waals surface area (Å²) in [5.41, 5.74) is 2.93. The average molecular weight is 365 g/mol. The summed E-state index contributed by atoms with van der Waals surface area (Å²) >= 11 is 7.60. The lowest BCUT2D eigenvalue weighted by molar-refractivity contribution is -0.587. The molecule has 0 amide bonds. The maximum absolute atomic E-state index is 11.0. The Bertz CT molecular complexity index is 996. The van der Waals surface area contributed by atoms with Crippen molar-refractivity contribution in [3.63, 3.8) is 0 Å². The van der Waals surface area contributed by atoms with Crippen LogP contribution in [0.3, 0.4) is 0 Å². The second-order valence-electron chi connectivity index (χ2n) is 5.60. The minimum Gasteiger partial charge on any atom is -0.458 e. The van der Waals surface area contributed by atoms with Gasteiger partial charge in [0.2, 0.25) is 5.69 Å². The quantitative estimate of drug-likeness (QED) is 0.462. The van der Waals surface area contributed by atoms with Gasteiger partial charge in [0, 0.05) is 22.7 Å². The van der Waals surface area contributed by atoms with E-state index in [1.807, 2.05) is 89.5 Å². The minimum atomic E-state index is 0.243. The van der Waals surface area contributed by atoms with Crippen LogP contribution in [0.5, 0.6) is 5.88 Å². The Morgan fingerprint density at radius 3 is 1.96 bits per heavy atom. The van der Waals surface area contributed by atoms with Crippen LogP contribution in [0.15, 0.2) is 84.9 Å². The molecule has 3 aromatic carbocycles. The monoisotopic (exact) mass is 364 g/mol. The van der Waals surface area contributed by atoms with Gasteiger partial charge in [0.25, 0.3) is 5.01 Å². The Balaban J connectivity index is 1.97. The highest BCUT2D eigenvalue weighted by atomic mass is 35.5. The van der Waals surface area contributed by atoms with E-state index in [1.165, 1.54) is 0 Å². The molecule has 0 aliphatic rings. The van der Waals surface area contributed by atoms with Gasteiger partial charge in [-0.2, -0.15) is 0 Å². The molecular weight excluding hydrogens is 350 g/mol. The fourth-order valence-corrected chi connectivity index (χ4v) is 4.05. The Morgan fingerprint density at radius 1 is 0.720 bits per heavy atom. The third kappa shape index (κ3) is 3.04. The second kappa shape index (κ2) is 6.71. The van der Waals surface area contributed by atoms with Gasteiger partial charge in [-0.05, 0) is 24.3 Å².